The van der Waals surface area contributed by atoms with E-state index in [0.717, 1.165) is 5.56 Å². The van der Waals surface area contributed by atoms with Gasteiger partial charge in [-0.05, 0) is 38.5 Å². The van der Waals surface area contributed by atoms with Gasteiger partial charge in [0, 0.05) is 11.6 Å². The normalized spacial score (nSPS) is 11.3. The number of carbonyl (C=O) groups excluding carboxylic acids is 3. The lowest BCUT2D eigenvalue weighted by Crippen LogP contribution is -2.40. The number of benzene rings is 2. The van der Waals surface area contributed by atoms with Crippen molar-refractivity contribution in [2.24, 2.45) is 0 Å². The van der Waals surface area contributed by atoms with Crippen molar-refractivity contribution < 1.29 is 24.0 Å². The van der Waals surface area contributed by atoms with Gasteiger partial charge in [0.1, 0.15) is 11.7 Å². The highest BCUT2D eigenvalue weighted by Crippen LogP contribution is 2.27. The Morgan fingerprint density at radius 1 is 1.14 bits per heavy atom. The van der Waals surface area contributed by atoms with Crippen LogP contribution in [-0.4, -0.2) is 35.4 Å². The fourth-order valence-electron chi connectivity index (χ4n) is 2.53. The SMILES string of the molecule is Cc1cccc(C(=O)N[C@@H](C)C(=O)OCC(=O)Nc2c(C)cccc2[N+](=O)[O-])c1. The maximum Gasteiger partial charge on any atom is 0.328 e. The number of hydrogen-bond acceptors (Lipinski definition) is 6. The number of carbonyl (C=O) groups is 3. The van der Waals surface area contributed by atoms with Crippen LogP contribution in [0.1, 0.15) is 28.4 Å². The number of aryl methyl sites for hydroxylation is 2. The second kappa shape index (κ2) is 9.45. The first-order valence-electron chi connectivity index (χ1n) is 8.77. The minimum Gasteiger partial charge on any atom is -0.454 e. The first kappa shape index (κ1) is 21.5. The van der Waals surface area contributed by atoms with Crippen LogP contribution in [0.5, 0.6) is 0 Å². The van der Waals surface area contributed by atoms with Gasteiger partial charge in [0.05, 0.1) is 4.92 Å². The molecule has 152 valence electrons. The molecule has 0 aliphatic carbocycles. The lowest BCUT2D eigenvalue weighted by Gasteiger charge is -2.14. The maximum atomic E-state index is 12.2. The molecular formula is C20H21N3O6. The van der Waals surface area contributed by atoms with Gasteiger partial charge in [0.15, 0.2) is 6.61 Å². The molecule has 0 heterocycles. The maximum absolute atomic E-state index is 12.2. The Morgan fingerprint density at radius 2 is 1.83 bits per heavy atom. The Balaban J connectivity index is 1.91. The van der Waals surface area contributed by atoms with Crippen molar-refractivity contribution in [2.45, 2.75) is 26.8 Å². The molecule has 0 aromatic heterocycles. The molecule has 0 fully saturated rings. The van der Waals surface area contributed by atoms with E-state index < -0.39 is 35.4 Å². The number of hydrogen-bond donors (Lipinski definition) is 2. The number of nitro benzene ring substituents is 1. The van der Waals surface area contributed by atoms with E-state index in [4.69, 9.17) is 4.74 Å². The van der Waals surface area contributed by atoms with E-state index >= 15 is 0 Å². The second-order valence-electron chi connectivity index (χ2n) is 6.45. The topological polar surface area (TPSA) is 128 Å². The molecule has 1 atom stereocenters. The number of rotatable bonds is 7. The number of para-hydroxylation sites is 1. The minimum atomic E-state index is -0.983. The highest BCUT2D eigenvalue weighted by atomic mass is 16.6. The second-order valence-corrected chi connectivity index (χ2v) is 6.45. The zero-order chi connectivity index (χ0) is 21.6. The van der Waals surface area contributed by atoms with Crippen LogP contribution in [0.15, 0.2) is 42.5 Å². The Hall–Kier alpha value is -3.75. The molecule has 0 radical (unpaired) electrons. The molecule has 2 rings (SSSR count). The molecule has 0 unspecified atom stereocenters. The molecule has 0 aliphatic heterocycles. The monoisotopic (exact) mass is 399 g/mol. The smallest absolute Gasteiger partial charge is 0.328 e. The van der Waals surface area contributed by atoms with Gasteiger partial charge < -0.3 is 15.4 Å². The van der Waals surface area contributed by atoms with Crippen molar-refractivity contribution >= 4 is 29.2 Å². The van der Waals surface area contributed by atoms with Crippen LogP contribution < -0.4 is 10.6 Å². The van der Waals surface area contributed by atoms with Gasteiger partial charge in [0.2, 0.25) is 0 Å². The molecule has 9 heteroatoms. The van der Waals surface area contributed by atoms with Gasteiger partial charge in [-0.1, -0.05) is 29.8 Å². The lowest BCUT2D eigenvalue weighted by molar-refractivity contribution is -0.384. The van der Waals surface area contributed by atoms with Gasteiger partial charge >= 0.3 is 5.97 Å². The summed E-state index contributed by atoms with van der Waals surface area (Å²) in [7, 11) is 0. The van der Waals surface area contributed by atoms with E-state index in [1.54, 1.807) is 31.2 Å². The number of nitro groups is 1. The lowest BCUT2D eigenvalue weighted by atomic mass is 10.1. The molecule has 0 bridgehead atoms. The van der Waals surface area contributed by atoms with E-state index in [1.165, 1.54) is 19.1 Å². The van der Waals surface area contributed by atoms with Crippen molar-refractivity contribution in [2.75, 3.05) is 11.9 Å². The Bertz CT molecular complexity index is 957. The van der Waals surface area contributed by atoms with Gasteiger partial charge in [-0.3, -0.25) is 19.7 Å². The van der Waals surface area contributed by atoms with Gasteiger partial charge in [-0.25, -0.2) is 4.79 Å². The number of esters is 1. The van der Waals surface area contributed by atoms with E-state index in [0.29, 0.717) is 11.1 Å². The van der Waals surface area contributed by atoms with Crippen molar-refractivity contribution in [3.8, 4) is 0 Å². The molecule has 0 spiro atoms. The fourth-order valence-corrected chi connectivity index (χ4v) is 2.53. The third-order valence-electron chi connectivity index (χ3n) is 4.04. The molecule has 0 aliphatic rings. The number of nitrogens with one attached hydrogen (secondary N) is 2. The molecule has 0 saturated carbocycles. The Kier molecular flexibility index (Phi) is 7.02. The predicted octanol–water partition coefficient (Wildman–Crippen LogP) is 2.51. The number of anilines is 1. The first-order valence-corrected chi connectivity index (χ1v) is 8.77. The minimum absolute atomic E-state index is 0.0411. The van der Waals surface area contributed by atoms with Gasteiger partial charge in [0.25, 0.3) is 17.5 Å². The van der Waals surface area contributed by atoms with Gasteiger partial charge in [-0.15, -0.1) is 0 Å². The summed E-state index contributed by atoms with van der Waals surface area (Å²) in [6, 6.07) is 10.2. The first-order chi connectivity index (χ1) is 13.7. The summed E-state index contributed by atoms with van der Waals surface area (Å²) >= 11 is 0. The summed E-state index contributed by atoms with van der Waals surface area (Å²) < 4.78 is 4.90. The van der Waals surface area contributed by atoms with Crippen LogP contribution in [0, 0.1) is 24.0 Å². The largest absolute Gasteiger partial charge is 0.454 e. The molecule has 2 aromatic rings. The zero-order valence-electron chi connectivity index (χ0n) is 16.2. The summed E-state index contributed by atoms with van der Waals surface area (Å²) in [6.45, 7) is 4.23. The standard InChI is InChI=1S/C20H21N3O6/c1-12-6-4-8-15(10-12)19(25)21-14(3)20(26)29-11-17(24)22-18-13(2)7-5-9-16(18)23(27)28/h4-10,14H,11H2,1-3H3,(H,21,25)(H,22,24)/t14-/m0/s1. The average Bonchev–Trinajstić information content (AvgIpc) is 2.67. The van der Waals surface area contributed by atoms with Crippen molar-refractivity contribution in [3.05, 3.63) is 69.3 Å². The highest BCUT2D eigenvalue weighted by molar-refractivity contribution is 5.98. The van der Waals surface area contributed by atoms with E-state index in [-0.39, 0.29) is 11.4 Å². The fraction of sp³-hybridized carbons (Fsp3) is 0.250. The van der Waals surface area contributed by atoms with Crippen LogP contribution in [0.2, 0.25) is 0 Å². The van der Waals surface area contributed by atoms with Crippen LogP contribution >= 0.6 is 0 Å². The summed E-state index contributed by atoms with van der Waals surface area (Å²) in [6.07, 6.45) is 0. The van der Waals surface area contributed by atoms with Crippen LogP contribution in [0.3, 0.4) is 0 Å². The Morgan fingerprint density at radius 3 is 2.48 bits per heavy atom. The summed E-state index contributed by atoms with van der Waals surface area (Å²) in [5, 5.41) is 16.0. The average molecular weight is 399 g/mol. The van der Waals surface area contributed by atoms with Crippen LogP contribution in [0.25, 0.3) is 0 Å². The summed E-state index contributed by atoms with van der Waals surface area (Å²) in [4.78, 5) is 46.7. The molecule has 0 saturated heterocycles. The molecular weight excluding hydrogens is 378 g/mol. The number of amides is 2. The van der Waals surface area contributed by atoms with Crippen molar-refractivity contribution in [1.29, 1.82) is 0 Å². The Labute approximate surface area is 167 Å². The third-order valence-corrected chi connectivity index (χ3v) is 4.04. The van der Waals surface area contributed by atoms with E-state index in [1.807, 2.05) is 13.0 Å². The van der Waals surface area contributed by atoms with E-state index in [2.05, 4.69) is 10.6 Å². The molecule has 2 aromatic carbocycles. The third kappa shape index (κ3) is 5.86. The van der Waals surface area contributed by atoms with Crippen molar-refractivity contribution in [1.82, 2.24) is 5.32 Å². The molecule has 29 heavy (non-hydrogen) atoms. The summed E-state index contributed by atoms with van der Waals surface area (Å²) in [5.74, 6) is -1.98. The highest BCUT2D eigenvalue weighted by Gasteiger charge is 2.21. The number of nitrogens with zero attached hydrogens (tertiary/aromatic N) is 1. The van der Waals surface area contributed by atoms with Crippen LogP contribution in [-0.2, 0) is 14.3 Å². The number of ether oxygens (including phenoxy) is 1. The van der Waals surface area contributed by atoms with Gasteiger partial charge in [-0.2, -0.15) is 0 Å². The predicted molar refractivity (Wildman–Crippen MR) is 106 cm³/mol. The van der Waals surface area contributed by atoms with E-state index in [9.17, 15) is 24.5 Å². The van der Waals surface area contributed by atoms with Crippen molar-refractivity contribution in [3.63, 3.8) is 0 Å². The molecule has 2 amide bonds. The molecule has 9 nitrogen and oxygen atoms in total. The van der Waals surface area contributed by atoms with Crippen LogP contribution in [0.4, 0.5) is 11.4 Å². The molecule has 2 N–H and O–H groups in total. The summed E-state index contributed by atoms with van der Waals surface area (Å²) in [5.41, 5.74) is 1.57. The zero-order valence-corrected chi connectivity index (χ0v) is 16.2. The quantitative estimate of drug-likeness (QED) is 0.418.